The second-order valence-electron chi connectivity index (χ2n) is 5.17. The molecule has 3 rings (SSSR count). The van der Waals surface area contributed by atoms with Crippen LogP contribution in [0.15, 0.2) is 36.7 Å². The molecule has 1 saturated carbocycles. The highest BCUT2D eigenvalue weighted by molar-refractivity contribution is 5.61. The average molecular weight is 272 g/mol. The molecular formula is C15H20N4O. The lowest BCUT2D eigenvalue weighted by Gasteiger charge is -2.32. The number of hydrogen-bond donors (Lipinski definition) is 1. The Morgan fingerprint density at radius 2 is 2.10 bits per heavy atom. The van der Waals surface area contributed by atoms with Crippen molar-refractivity contribution in [1.29, 1.82) is 0 Å². The fraction of sp³-hybridized carbons (Fsp3) is 0.467. The summed E-state index contributed by atoms with van der Waals surface area (Å²) in [5, 5.41) is 11.6. The van der Waals surface area contributed by atoms with Gasteiger partial charge < -0.3 is 10.1 Å². The fourth-order valence-corrected chi connectivity index (χ4v) is 2.88. The standard InChI is InChI=1S/C15H20N4O/c1-20-15-9-5-3-7-13(15)17-12-6-2-4-8-14(12)19-11-10-16-18-19/h2,4,6,8,10-11,13,15,17H,3,5,7,9H2,1H3. The maximum Gasteiger partial charge on any atom is 0.0894 e. The maximum atomic E-state index is 5.61. The molecule has 1 aliphatic carbocycles. The number of aromatic nitrogens is 3. The number of hydrogen-bond acceptors (Lipinski definition) is 4. The van der Waals surface area contributed by atoms with Gasteiger partial charge in [0, 0.05) is 7.11 Å². The molecule has 0 amide bonds. The molecule has 1 aromatic heterocycles. The molecule has 1 aromatic carbocycles. The molecule has 0 spiro atoms. The van der Waals surface area contributed by atoms with Gasteiger partial charge in [0.05, 0.1) is 35.9 Å². The Morgan fingerprint density at radius 1 is 1.25 bits per heavy atom. The summed E-state index contributed by atoms with van der Waals surface area (Å²) in [6.07, 6.45) is 8.60. The summed E-state index contributed by atoms with van der Waals surface area (Å²) in [4.78, 5) is 0. The highest BCUT2D eigenvalue weighted by Crippen LogP contribution is 2.27. The molecule has 2 atom stereocenters. The van der Waals surface area contributed by atoms with E-state index in [0.29, 0.717) is 6.04 Å². The summed E-state index contributed by atoms with van der Waals surface area (Å²) in [6.45, 7) is 0. The first-order valence-corrected chi connectivity index (χ1v) is 7.13. The third kappa shape index (κ3) is 2.67. The minimum atomic E-state index is 0.285. The van der Waals surface area contributed by atoms with E-state index in [2.05, 4.69) is 21.7 Å². The fourth-order valence-electron chi connectivity index (χ4n) is 2.88. The van der Waals surface area contributed by atoms with Crippen molar-refractivity contribution in [2.45, 2.75) is 37.8 Å². The number of ether oxygens (including phenoxy) is 1. The summed E-state index contributed by atoms with van der Waals surface area (Å²) >= 11 is 0. The van der Waals surface area contributed by atoms with Crippen molar-refractivity contribution in [2.75, 3.05) is 12.4 Å². The highest BCUT2D eigenvalue weighted by atomic mass is 16.5. The maximum absolute atomic E-state index is 5.61. The number of anilines is 1. The number of nitrogens with zero attached hydrogens (tertiary/aromatic N) is 3. The van der Waals surface area contributed by atoms with Crippen LogP contribution in [0.1, 0.15) is 25.7 Å². The largest absolute Gasteiger partial charge is 0.379 e. The summed E-state index contributed by atoms with van der Waals surface area (Å²) < 4.78 is 7.39. The van der Waals surface area contributed by atoms with Gasteiger partial charge in [0.15, 0.2) is 0 Å². The van der Waals surface area contributed by atoms with E-state index in [1.807, 2.05) is 24.4 Å². The molecule has 1 heterocycles. The van der Waals surface area contributed by atoms with E-state index in [1.165, 1.54) is 12.8 Å². The van der Waals surface area contributed by atoms with Crippen LogP contribution >= 0.6 is 0 Å². The van der Waals surface area contributed by atoms with Crippen LogP contribution in [-0.2, 0) is 4.74 Å². The van der Waals surface area contributed by atoms with Crippen LogP contribution in [0.5, 0.6) is 0 Å². The number of methoxy groups -OCH3 is 1. The second-order valence-corrected chi connectivity index (χ2v) is 5.17. The lowest BCUT2D eigenvalue weighted by molar-refractivity contribution is 0.0606. The van der Waals surface area contributed by atoms with Crippen LogP contribution in [0.25, 0.3) is 5.69 Å². The van der Waals surface area contributed by atoms with Crippen molar-refractivity contribution in [2.24, 2.45) is 0 Å². The SMILES string of the molecule is COC1CCCCC1Nc1ccccc1-n1ccnn1. The van der Waals surface area contributed by atoms with Crippen molar-refractivity contribution in [3.05, 3.63) is 36.7 Å². The Kier molecular flexibility index (Phi) is 3.97. The third-order valence-corrected chi connectivity index (χ3v) is 3.92. The molecule has 0 aliphatic heterocycles. The van der Waals surface area contributed by atoms with Crippen LogP contribution in [0.4, 0.5) is 5.69 Å². The zero-order chi connectivity index (χ0) is 13.8. The van der Waals surface area contributed by atoms with Crippen LogP contribution in [0, 0.1) is 0 Å². The Bertz CT molecular complexity index is 541. The molecule has 0 bridgehead atoms. The summed E-state index contributed by atoms with van der Waals surface area (Å²) in [5.74, 6) is 0. The quantitative estimate of drug-likeness (QED) is 0.929. The monoisotopic (exact) mass is 272 g/mol. The highest BCUT2D eigenvalue weighted by Gasteiger charge is 2.25. The molecule has 0 saturated heterocycles. The minimum Gasteiger partial charge on any atom is -0.379 e. The van der Waals surface area contributed by atoms with Gasteiger partial charge in [-0.2, -0.15) is 0 Å². The Morgan fingerprint density at radius 3 is 2.90 bits per heavy atom. The van der Waals surface area contributed by atoms with Crippen molar-refractivity contribution in [3.63, 3.8) is 0 Å². The Labute approximate surface area is 118 Å². The molecule has 5 heteroatoms. The Balaban J connectivity index is 1.83. The van der Waals surface area contributed by atoms with Gasteiger partial charge in [-0.15, -0.1) is 5.10 Å². The van der Waals surface area contributed by atoms with Gasteiger partial charge in [0.25, 0.3) is 0 Å². The molecule has 20 heavy (non-hydrogen) atoms. The smallest absolute Gasteiger partial charge is 0.0894 e. The number of rotatable bonds is 4. The normalized spacial score (nSPS) is 22.6. The van der Waals surface area contributed by atoms with E-state index < -0.39 is 0 Å². The molecule has 1 fully saturated rings. The van der Waals surface area contributed by atoms with Crippen LogP contribution in [0.2, 0.25) is 0 Å². The van der Waals surface area contributed by atoms with Crippen LogP contribution in [-0.4, -0.2) is 34.2 Å². The van der Waals surface area contributed by atoms with E-state index in [4.69, 9.17) is 4.74 Å². The molecule has 106 valence electrons. The molecular weight excluding hydrogens is 252 g/mol. The van der Waals surface area contributed by atoms with Gasteiger partial charge in [0.2, 0.25) is 0 Å². The summed E-state index contributed by atoms with van der Waals surface area (Å²) in [6, 6.07) is 8.53. The van der Waals surface area contributed by atoms with Crippen molar-refractivity contribution < 1.29 is 4.74 Å². The van der Waals surface area contributed by atoms with Crippen molar-refractivity contribution >= 4 is 5.69 Å². The first-order chi connectivity index (χ1) is 9.88. The number of benzene rings is 1. The molecule has 1 N–H and O–H groups in total. The van der Waals surface area contributed by atoms with Crippen LogP contribution in [0.3, 0.4) is 0 Å². The van der Waals surface area contributed by atoms with E-state index in [1.54, 1.807) is 18.0 Å². The van der Waals surface area contributed by atoms with Gasteiger partial charge in [-0.1, -0.05) is 30.2 Å². The summed E-state index contributed by atoms with van der Waals surface area (Å²) in [7, 11) is 1.80. The van der Waals surface area contributed by atoms with Crippen LogP contribution < -0.4 is 5.32 Å². The van der Waals surface area contributed by atoms with Crippen molar-refractivity contribution in [3.8, 4) is 5.69 Å². The van der Waals surface area contributed by atoms with Gasteiger partial charge in [-0.25, -0.2) is 4.68 Å². The number of para-hydroxylation sites is 2. The molecule has 5 nitrogen and oxygen atoms in total. The minimum absolute atomic E-state index is 0.285. The van der Waals surface area contributed by atoms with E-state index >= 15 is 0 Å². The zero-order valence-corrected chi connectivity index (χ0v) is 11.7. The second kappa shape index (κ2) is 6.05. The van der Waals surface area contributed by atoms with E-state index in [0.717, 1.165) is 24.2 Å². The topological polar surface area (TPSA) is 52.0 Å². The first kappa shape index (κ1) is 13.1. The van der Waals surface area contributed by atoms with Gasteiger partial charge in [-0.3, -0.25) is 0 Å². The van der Waals surface area contributed by atoms with E-state index in [-0.39, 0.29) is 6.10 Å². The first-order valence-electron chi connectivity index (χ1n) is 7.13. The molecule has 2 unspecified atom stereocenters. The van der Waals surface area contributed by atoms with Crippen molar-refractivity contribution in [1.82, 2.24) is 15.0 Å². The zero-order valence-electron chi connectivity index (χ0n) is 11.7. The number of nitrogens with one attached hydrogen (secondary N) is 1. The molecule has 0 radical (unpaired) electrons. The molecule has 1 aliphatic rings. The average Bonchev–Trinajstić information content (AvgIpc) is 3.02. The molecule has 2 aromatic rings. The third-order valence-electron chi connectivity index (χ3n) is 3.92. The lowest BCUT2D eigenvalue weighted by atomic mass is 9.92. The van der Waals surface area contributed by atoms with Gasteiger partial charge in [-0.05, 0) is 25.0 Å². The van der Waals surface area contributed by atoms with E-state index in [9.17, 15) is 0 Å². The summed E-state index contributed by atoms with van der Waals surface area (Å²) in [5.41, 5.74) is 2.09. The predicted molar refractivity (Wildman–Crippen MR) is 78.0 cm³/mol. The van der Waals surface area contributed by atoms with Gasteiger partial charge in [0.1, 0.15) is 0 Å². The Hall–Kier alpha value is -1.88. The van der Waals surface area contributed by atoms with Gasteiger partial charge >= 0.3 is 0 Å². The lowest BCUT2D eigenvalue weighted by Crippen LogP contribution is -2.38. The predicted octanol–water partition coefficient (Wildman–Crippen LogP) is 2.64.